The van der Waals surface area contributed by atoms with Crippen LogP contribution in [-0.4, -0.2) is 17.5 Å². The number of hydrogen-bond acceptors (Lipinski definition) is 4. The van der Waals surface area contributed by atoms with Gasteiger partial charge in [0.2, 0.25) is 0 Å². The van der Waals surface area contributed by atoms with Crippen LogP contribution in [0.25, 0.3) is 0 Å². The fourth-order valence-corrected chi connectivity index (χ4v) is 0.529. The number of hydrazine groups is 1. The van der Waals surface area contributed by atoms with E-state index in [-0.39, 0.29) is 5.92 Å². The summed E-state index contributed by atoms with van der Waals surface area (Å²) in [6.07, 6.45) is 4.36. The van der Waals surface area contributed by atoms with Crippen LogP contribution in [0.3, 0.4) is 0 Å². The van der Waals surface area contributed by atoms with Crippen molar-refractivity contribution in [3.63, 3.8) is 0 Å². The van der Waals surface area contributed by atoms with Gasteiger partial charge < -0.3 is 5.11 Å². The quantitative estimate of drug-likeness (QED) is 0.233. The number of hydrogen-bond donors (Lipinski definition) is 3. The van der Waals surface area contributed by atoms with Crippen molar-refractivity contribution < 1.29 is 5.11 Å². The summed E-state index contributed by atoms with van der Waals surface area (Å²) in [6.45, 7) is 3.67. The summed E-state index contributed by atoms with van der Waals surface area (Å²) in [5.41, 5.74) is 2.24. The molecule has 4 N–H and O–H groups in total. The fraction of sp³-hybridized carbons (Fsp3) is 0.571. The van der Waals surface area contributed by atoms with Crippen LogP contribution < -0.4 is 11.3 Å². The van der Waals surface area contributed by atoms with Crippen LogP contribution in [0.5, 0.6) is 0 Å². The molecule has 11 heavy (non-hydrogen) atoms. The molecule has 0 aliphatic carbocycles. The number of aliphatic hydroxyl groups is 1. The Balaban J connectivity index is 3.75. The fourth-order valence-electron chi connectivity index (χ4n) is 0.529. The Labute approximate surface area is 66.8 Å². The average Bonchev–Trinajstić information content (AvgIpc) is 2.03. The number of aliphatic hydroxyl groups excluding tert-OH is 1. The van der Waals surface area contributed by atoms with Crippen LogP contribution >= 0.6 is 0 Å². The molecular weight excluding hydrogens is 142 g/mol. The molecule has 0 bridgehead atoms. The lowest BCUT2D eigenvalue weighted by molar-refractivity contribution is 0.103. The van der Waals surface area contributed by atoms with Crippen molar-refractivity contribution >= 4 is 6.21 Å². The van der Waals surface area contributed by atoms with Crippen LogP contribution in [-0.2, 0) is 0 Å². The van der Waals surface area contributed by atoms with E-state index in [1.807, 2.05) is 13.8 Å². The molecule has 0 aromatic rings. The minimum atomic E-state index is -0.710. The molecule has 0 saturated carbocycles. The van der Waals surface area contributed by atoms with Crippen molar-refractivity contribution in [1.29, 1.82) is 0 Å². The van der Waals surface area contributed by atoms with Gasteiger partial charge in [-0.25, -0.2) is 5.43 Å². The van der Waals surface area contributed by atoms with Gasteiger partial charge in [0.25, 0.3) is 0 Å². The maximum atomic E-state index is 9.09. The first-order valence-electron chi connectivity index (χ1n) is 3.51. The Morgan fingerprint density at radius 2 is 2.27 bits per heavy atom. The van der Waals surface area contributed by atoms with Gasteiger partial charge in [-0.1, -0.05) is 13.0 Å². The Morgan fingerprint density at radius 3 is 2.73 bits per heavy atom. The number of rotatable bonds is 4. The molecule has 0 radical (unpaired) electrons. The first kappa shape index (κ1) is 10.3. The second kappa shape index (κ2) is 6.03. The van der Waals surface area contributed by atoms with Gasteiger partial charge in [0, 0.05) is 18.3 Å². The number of nitrogens with zero attached hydrogens (tertiary/aromatic N) is 1. The normalized spacial score (nSPS) is 17.8. The second-order valence-corrected chi connectivity index (χ2v) is 2.22. The third kappa shape index (κ3) is 4.66. The van der Waals surface area contributed by atoms with Crippen LogP contribution in [0.15, 0.2) is 17.3 Å². The highest BCUT2D eigenvalue weighted by Crippen LogP contribution is 2.00. The van der Waals surface area contributed by atoms with Gasteiger partial charge in [0.15, 0.2) is 0 Å². The van der Waals surface area contributed by atoms with Crippen molar-refractivity contribution in [3.05, 3.63) is 12.3 Å². The highest BCUT2D eigenvalue weighted by Gasteiger charge is 2.06. The molecule has 64 valence electrons. The molecule has 0 aliphatic rings. The first-order valence-corrected chi connectivity index (χ1v) is 3.51. The lowest BCUT2D eigenvalue weighted by Gasteiger charge is -2.12. The molecule has 0 aromatic carbocycles. The molecule has 2 atom stereocenters. The molecule has 0 aliphatic heterocycles. The average molecular weight is 157 g/mol. The van der Waals surface area contributed by atoms with E-state index in [4.69, 9.17) is 10.9 Å². The van der Waals surface area contributed by atoms with Gasteiger partial charge in [-0.15, -0.1) is 0 Å². The molecular formula is C7H15N3O. The smallest absolute Gasteiger partial charge is 0.123 e. The predicted octanol–water partition coefficient (Wildman–Crippen LogP) is 0.00860. The van der Waals surface area contributed by atoms with Crippen molar-refractivity contribution in [2.45, 2.75) is 20.1 Å². The summed E-state index contributed by atoms with van der Waals surface area (Å²) in [6, 6.07) is 0. The Morgan fingerprint density at radius 1 is 1.64 bits per heavy atom. The van der Waals surface area contributed by atoms with Gasteiger partial charge in [0.1, 0.15) is 6.23 Å². The summed E-state index contributed by atoms with van der Waals surface area (Å²) < 4.78 is 0. The second-order valence-electron chi connectivity index (χ2n) is 2.22. The van der Waals surface area contributed by atoms with Crippen LogP contribution in [0.4, 0.5) is 0 Å². The first-order chi connectivity index (χ1) is 5.22. The SMILES string of the molecule is CC=N/C=C\C(C)C(O)NN. The zero-order valence-electron chi connectivity index (χ0n) is 6.86. The molecule has 4 nitrogen and oxygen atoms in total. The van der Waals surface area contributed by atoms with E-state index in [0.29, 0.717) is 0 Å². The summed E-state index contributed by atoms with van der Waals surface area (Å²) in [4.78, 5) is 3.84. The van der Waals surface area contributed by atoms with E-state index in [1.165, 1.54) is 0 Å². The minimum Gasteiger partial charge on any atom is -0.377 e. The largest absolute Gasteiger partial charge is 0.377 e. The molecule has 0 saturated heterocycles. The summed E-state index contributed by atoms with van der Waals surface area (Å²) in [5, 5.41) is 9.09. The van der Waals surface area contributed by atoms with Gasteiger partial charge in [0.05, 0.1) is 0 Å². The molecule has 0 rings (SSSR count). The van der Waals surface area contributed by atoms with Crippen molar-refractivity contribution in [3.8, 4) is 0 Å². The van der Waals surface area contributed by atoms with Gasteiger partial charge in [-0.3, -0.25) is 10.8 Å². The van der Waals surface area contributed by atoms with Gasteiger partial charge in [-0.2, -0.15) is 0 Å². The van der Waals surface area contributed by atoms with Crippen LogP contribution in [0.2, 0.25) is 0 Å². The maximum Gasteiger partial charge on any atom is 0.123 e. The third-order valence-corrected chi connectivity index (χ3v) is 1.29. The van der Waals surface area contributed by atoms with Crippen LogP contribution in [0, 0.1) is 5.92 Å². The molecule has 4 heteroatoms. The van der Waals surface area contributed by atoms with E-state index < -0.39 is 6.23 Å². The van der Waals surface area contributed by atoms with Crippen molar-refractivity contribution in [2.75, 3.05) is 0 Å². The molecule has 0 heterocycles. The number of nitrogens with two attached hydrogens (primary N) is 1. The standard InChI is InChI=1S/C7H15N3O/c1-3-9-5-4-6(2)7(11)10-8/h3-7,10-11H,8H2,1-2H3/b5-4-,9-3?. The number of nitrogens with one attached hydrogen (secondary N) is 1. The maximum absolute atomic E-state index is 9.09. The summed E-state index contributed by atoms with van der Waals surface area (Å²) >= 11 is 0. The monoisotopic (exact) mass is 157 g/mol. The number of aliphatic imine (C=N–C) groups is 1. The van der Waals surface area contributed by atoms with E-state index >= 15 is 0 Å². The predicted molar refractivity (Wildman–Crippen MR) is 45.8 cm³/mol. The highest BCUT2D eigenvalue weighted by atomic mass is 16.3. The van der Waals surface area contributed by atoms with Gasteiger partial charge >= 0.3 is 0 Å². The summed E-state index contributed by atoms with van der Waals surface area (Å²) in [7, 11) is 0. The van der Waals surface area contributed by atoms with E-state index in [9.17, 15) is 0 Å². The molecule has 0 amide bonds. The lowest BCUT2D eigenvalue weighted by atomic mass is 10.1. The Hall–Kier alpha value is -0.710. The van der Waals surface area contributed by atoms with E-state index in [0.717, 1.165) is 0 Å². The highest BCUT2D eigenvalue weighted by molar-refractivity contribution is 5.54. The van der Waals surface area contributed by atoms with Gasteiger partial charge in [-0.05, 0) is 6.92 Å². The van der Waals surface area contributed by atoms with Crippen molar-refractivity contribution in [1.82, 2.24) is 5.43 Å². The zero-order chi connectivity index (χ0) is 8.69. The Kier molecular flexibility index (Phi) is 5.64. The van der Waals surface area contributed by atoms with E-state index in [1.54, 1.807) is 18.5 Å². The van der Waals surface area contributed by atoms with E-state index in [2.05, 4.69) is 10.4 Å². The minimum absolute atomic E-state index is 0.0382. The molecule has 0 fully saturated rings. The topological polar surface area (TPSA) is 70.6 Å². The molecule has 0 spiro atoms. The summed E-state index contributed by atoms with van der Waals surface area (Å²) in [5.74, 6) is 4.97. The molecule has 0 aromatic heterocycles. The lowest BCUT2D eigenvalue weighted by Crippen LogP contribution is -2.38. The third-order valence-electron chi connectivity index (χ3n) is 1.29. The zero-order valence-corrected chi connectivity index (χ0v) is 6.86. The van der Waals surface area contributed by atoms with Crippen LogP contribution in [0.1, 0.15) is 13.8 Å². The van der Waals surface area contributed by atoms with Crippen molar-refractivity contribution in [2.24, 2.45) is 16.8 Å². The molecule has 2 unspecified atom stereocenters. The Bertz CT molecular complexity index is 145.